The molecule has 1 aromatic heterocycles. The summed E-state index contributed by atoms with van der Waals surface area (Å²) in [6.07, 6.45) is 1.91. The summed E-state index contributed by atoms with van der Waals surface area (Å²) < 4.78 is 1.13. The van der Waals surface area contributed by atoms with E-state index in [9.17, 15) is 14.4 Å². The number of amides is 4. The smallest absolute Gasteiger partial charge is 0.276 e. The van der Waals surface area contributed by atoms with Crippen LogP contribution in [0.25, 0.3) is 10.2 Å². The lowest BCUT2D eigenvalue weighted by Gasteiger charge is -2.26. The van der Waals surface area contributed by atoms with Crippen molar-refractivity contribution in [1.82, 2.24) is 19.7 Å². The minimum atomic E-state index is -0.734. The highest BCUT2D eigenvalue weighted by Crippen LogP contribution is 2.36. The van der Waals surface area contributed by atoms with Crippen LogP contribution >= 0.6 is 11.3 Å². The van der Waals surface area contributed by atoms with Crippen molar-refractivity contribution >= 4 is 39.4 Å². The Balaban J connectivity index is 1.57. The van der Waals surface area contributed by atoms with Crippen molar-refractivity contribution in [1.29, 1.82) is 0 Å². The molecule has 2 aliphatic rings. The Labute approximate surface area is 148 Å². The number of fused-ring (bicyclic) bond motifs is 1. The molecule has 0 bridgehead atoms. The zero-order valence-corrected chi connectivity index (χ0v) is 14.7. The number of likely N-dealkylation sites (N-methyl/N-ethyl adjacent to an activating group) is 1. The highest BCUT2D eigenvalue weighted by Gasteiger charge is 2.45. The Morgan fingerprint density at radius 3 is 2.64 bits per heavy atom. The fourth-order valence-electron chi connectivity index (χ4n) is 3.44. The van der Waals surface area contributed by atoms with Crippen LogP contribution in [-0.2, 0) is 9.59 Å². The number of carbonyl (C=O) groups excluding carboxylic acids is 3. The number of hydrogen-bond donors (Lipinski definition) is 0. The molecule has 3 heterocycles. The number of urea groups is 1. The molecular formula is C17H18N4O3S. The second-order valence-electron chi connectivity index (χ2n) is 6.20. The number of hydrogen-bond acceptors (Lipinski definition) is 6. The summed E-state index contributed by atoms with van der Waals surface area (Å²) in [6.45, 7) is 2.81. The van der Waals surface area contributed by atoms with Gasteiger partial charge in [-0.2, -0.15) is 0 Å². The van der Waals surface area contributed by atoms with E-state index in [1.165, 1.54) is 0 Å². The molecule has 0 aliphatic carbocycles. The van der Waals surface area contributed by atoms with Crippen LogP contribution in [0, 0.1) is 0 Å². The molecule has 0 spiro atoms. The van der Waals surface area contributed by atoms with Crippen LogP contribution in [0.3, 0.4) is 0 Å². The van der Waals surface area contributed by atoms with E-state index in [0.717, 1.165) is 44.4 Å². The minimum Gasteiger partial charge on any atom is -0.276 e. The van der Waals surface area contributed by atoms with Gasteiger partial charge in [-0.15, -0.1) is 11.3 Å². The van der Waals surface area contributed by atoms with Gasteiger partial charge in [-0.1, -0.05) is 12.1 Å². The average Bonchev–Trinajstić information content (AvgIpc) is 3.29. The number of rotatable bonds is 4. The predicted octanol–water partition coefficient (Wildman–Crippen LogP) is 2.20. The van der Waals surface area contributed by atoms with E-state index in [1.807, 2.05) is 24.3 Å². The Kier molecular flexibility index (Phi) is 4.01. The van der Waals surface area contributed by atoms with Gasteiger partial charge in [-0.25, -0.2) is 14.7 Å². The summed E-state index contributed by atoms with van der Waals surface area (Å²) in [5, 5.41) is 0.997. The second-order valence-corrected chi connectivity index (χ2v) is 7.26. The maximum absolute atomic E-state index is 12.3. The Morgan fingerprint density at radius 2 is 1.92 bits per heavy atom. The fourth-order valence-corrected chi connectivity index (χ4v) is 4.58. The Bertz CT molecular complexity index is 831. The Hall–Kier alpha value is -2.32. The van der Waals surface area contributed by atoms with E-state index in [0.29, 0.717) is 0 Å². The number of carbonyl (C=O) groups is 3. The van der Waals surface area contributed by atoms with Crippen molar-refractivity contribution < 1.29 is 14.4 Å². The molecule has 7 nitrogen and oxygen atoms in total. The Morgan fingerprint density at radius 1 is 1.16 bits per heavy atom. The van der Waals surface area contributed by atoms with Crippen molar-refractivity contribution in [2.45, 2.75) is 25.8 Å². The summed E-state index contributed by atoms with van der Waals surface area (Å²) >= 11 is 1.64. The van der Waals surface area contributed by atoms with E-state index in [2.05, 4.69) is 4.90 Å². The fraction of sp³-hybridized carbons (Fsp3) is 0.412. The van der Waals surface area contributed by atoms with Crippen LogP contribution in [0.4, 0.5) is 4.79 Å². The van der Waals surface area contributed by atoms with Crippen LogP contribution in [0.1, 0.15) is 30.8 Å². The molecule has 0 saturated carbocycles. The second kappa shape index (κ2) is 6.20. The molecule has 1 atom stereocenters. The maximum Gasteiger partial charge on any atom is 0.335 e. The first-order valence-electron chi connectivity index (χ1n) is 8.37. The highest BCUT2D eigenvalue weighted by atomic mass is 32.1. The van der Waals surface area contributed by atoms with Crippen molar-refractivity contribution in [2.24, 2.45) is 0 Å². The van der Waals surface area contributed by atoms with Gasteiger partial charge in [0.1, 0.15) is 5.01 Å². The number of aromatic nitrogens is 1. The monoisotopic (exact) mass is 358 g/mol. The van der Waals surface area contributed by atoms with Gasteiger partial charge in [-0.3, -0.25) is 19.4 Å². The lowest BCUT2D eigenvalue weighted by Crippen LogP contribution is -2.42. The van der Waals surface area contributed by atoms with Gasteiger partial charge in [0, 0.05) is 13.1 Å². The quantitative estimate of drug-likeness (QED) is 0.619. The minimum absolute atomic E-state index is 0.0729. The summed E-state index contributed by atoms with van der Waals surface area (Å²) in [4.78, 5) is 45.1. The van der Waals surface area contributed by atoms with Crippen molar-refractivity contribution in [2.75, 3.05) is 19.8 Å². The summed E-state index contributed by atoms with van der Waals surface area (Å²) in [6, 6.07) is 7.53. The van der Waals surface area contributed by atoms with Crippen LogP contribution in [0.15, 0.2) is 24.3 Å². The molecule has 2 saturated heterocycles. The highest BCUT2D eigenvalue weighted by molar-refractivity contribution is 7.18. The molecule has 2 aliphatic heterocycles. The summed E-state index contributed by atoms with van der Waals surface area (Å²) in [5.74, 6) is -1.47. The SMILES string of the molecule is CCN1C(=O)C(=O)N(CN2CCC[C@@H]2c2nc3ccccc3s2)C1=O. The van der Waals surface area contributed by atoms with Crippen LogP contribution in [-0.4, -0.2) is 57.3 Å². The molecule has 2 aromatic rings. The maximum atomic E-state index is 12.3. The largest absolute Gasteiger partial charge is 0.335 e. The normalized spacial score (nSPS) is 22.0. The molecule has 4 rings (SSSR count). The number of thiazole rings is 1. The van der Waals surface area contributed by atoms with Crippen LogP contribution in [0.2, 0.25) is 0 Å². The first-order valence-corrected chi connectivity index (χ1v) is 9.18. The van der Waals surface area contributed by atoms with Crippen LogP contribution < -0.4 is 0 Å². The summed E-state index contributed by atoms with van der Waals surface area (Å²) in [7, 11) is 0. The molecular weight excluding hydrogens is 340 g/mol. The summed E-state index contributed by atoms with van der Waals surface area (Å²) in [5.41, 5.74) is 0.968. The average molecular weight is 358 g/mol. The molecule has 8 heteroatoms. The first-order chi connectivity index (χ1) is 12.1. The third kappa shape index (κ3) is 2.61. The van der Waals surface area contributed by atoms with Gasteiger partial charge in [0.05, 0.1) is 22.9 Å². The number of benzene rings is 1. The topological polar surface area (TPSA) is 73.8 Å². The molecule has 0 radical (unpaired) electrons. The third-order valence-electron chi connectivity index (χ3n) is 4.73. The van der Waals surface area contributed by atoms with Gasteiger partial charge in [0.15, 0.2) is 0 Å². The van der Waals surface area contributed by atoms with Gasteiger partial charge < -0.3 is 0 Å². The van der Waals surface area contributed by atoms with Crippen molar-refractivity contribution in [3.8, 4) is 0 Å². The van der Waals surface area contributed by atoms with E-state index >= 15 is 0 Å². The number of para-hydroxylation sites is 1. The molecule has 4 amide bonds. The lowest BCUT2D eigenvalue weighted by atomic mass is 10.2. The zero-order valence-electron chi connectivity index (χ0n) is 13.8. The molecule has 25 heavy (non-hydrogen) atoms. The van der Waals surface area contributed by atoms with E-state index < -0.39 is 17.8 Å². The van der Waals surface area contributed by atoms with Gasteiger partial charge >= 0.3 is 17.8 Å². The van der Waals surface area contributed by atoms with E-state index in [1.54, 1.807) is 18.3 Å². The van der Waals surface area contributed by atoms with E-state index in [4.69, 9.17) is 4.98 Å². The molecule has 1 aromatic carbocycles. The molecule has 130 valence electrons. The number of likely N-dealkylation sites (tertiary alicyclic amines) is 1. The van der Waals surface area contributed by atoms with Crippen molar-refractivity contribution in [3.05, 3.63) is 29.3 Å². The van der Waals surface area contributed by atoms with Gasteiger partial charge in [0.25, 0.3) is 0 Å². The molecule has 2 fully saturated rings. The number of imide groups is 2. The first kappa shape index (κ1) is 16.2. The molecule has 0 N–H and O–H groups in total. The van der Waals surface area contributed by atoms with Gasteiger partial charge in [0.2, 0.25) is 0 Å². The number of nitrogens with zero attached hydrogens (tertiary/aromatic N) is 4. The van der Waals surface area contributed by atoms with Gasteiger partial charge in [-0.05, 0) is 31.9 Å². The lowest BCUT2D eigenvalue weighted by molar-refractivity contribution is -0.143. The predicted molar refractivity (Wildman–Crippen MR) is 92.8 cm³/mol. The third-order valence-corrected chi connectivity index (χ3v) is 5.87. The van der Waals surface area contributed by atoms with Crippen LogP contribution in [0.5, 0.6) is 0 Å². The van der Waals surface area contributed by atoms with E-state index in [-0.39, 0.29) is 19.3 Å². The standard InChI is InChI=1S/C17H18N4O3S/c1-2-20-15(22)16(23)21(17(20)24)10-19-9-5-7-12(19)14-18-11-6-3-4-8-13(11)25-14/h3-4,6,8,12H,2,5,7,9-10H2,1H3/t12-/m1/s1. The van der Waals surface area contributed by atoms with Crippen molar-refractivity contribution in [3.63, 3.8) is 0 Å². The molecule has 0 unspecified atom stereocenters. The zero-order chi connectivity index (χ0) is 17.6.